The van der Waals surface area contributed by atoms with Crippen LogP contribution in [0.5, 0.6) is 0 Å². The number of aliphatic hydroxyl groups is 1. The zero-order valence-electron chi connectivity index (χ0n) is 13.0. The molecule has 1 aromatic carbocycles. The van der Waals surface area contributed by atoms with E-state index >= 15 is 0 Å². The Balaban J connectivity index is 1.46. The summed E-state index contributed by atoms with van der Waals surface area (Å²) in [6, 6.07) is 11.5. The molecule has 2 saturated heterocycles. The molecule has 116 valence electrons. The number of aliphatic hydroxyl groups excluding tert-OH is 1. The highest BCUT2D eigenvalue weighted by molar-refractivity contribution is 5.14. The maximum atomic E-state index is 9.38. The van der Waals surface area contributed by atoms with Gasteiger partial charge in [0.2, 0.25) is 0 Å². The van der Waals surface area contributed by atoms with Crippen LogP contribution in [-0.4, -0.2) is 53.7 Å². The number of rotatable bonds is 4. The number of nitrogens with zero attached hydrogens (tertiary/aromatic N) is 2. The van der Waals surface area contributed by atoms with Crippen LogP contribution in [0, 0.1) is 5.92 Å². The fourth-order valence-corrected chi connectivity index (χ4v) is 3.86. The number of likely N-dealkylation sites (tertiary alicyclic amines) is 2. The van der Waals surface area contributed by atoms with Crippen LogP contribution in [0.2, 0.25) is 0 Å². The Morgan fingerprint density at radius 1 is 1.00 bits per heavy atom. The Morgan fingerprint density at radius 2 is 1.76 bits per heavy atom. The second kappa shape index (κ2) is 7.39. The van der Waals surface area contributed by atoms with Crippen molar-refractivity contribution in [3.8, 4) is 0 Å². The average Bonchev–Trinajstić information content (AvgIpc) is 2.56. The van der Waals surface area contributed by atoms with Gasteiger partial charge in [0.15, 0.2) is 0 Å². The smallest absolute Gasteiger partial charge is 0.0471 e. The van der Waals surface area contributed by atoms with Crippen LogP contribution in [0.15, 0.2) is 30.3 Å². The SMILES string of the molecule is OCC1CCCN(C2CCN(Cc3ccccc3)CC2)C1. The highest BCUT2D eigenvalue weighted by Gasteiger charge is 2.28. The topological polar surface area (TPSA) is 26.7 Å². The van der Waals surface area contributed by atoms with Gasteiger partial charge >= 0.3 is 0 Å². The summed E-state index contributed by atoms with van der Waals surface area (Å²) in [6.07, 6.45) is 5.03. The standard InChI is InChI=1S/C18H28N2O/c21-15-17-7-4-10-20(14-17)18-8-11-19(12-9-18)13-16-5-2-1-3-6-16/h1-3,5-6,17-18,21H,4,7-15H2. The molecule has 0 spiro atoms. The van der Waals surface area contributed by atoms with Gasteiger partial charge in [0.05, 0.1) is 0 Å². The predicted molar refractivity (Wildman–Crippen MR) is 86.1 cm³/mol. The molecular weight excluding hydrogens is 260 g/mol. The molecule has 0 aliphatic carbocycles. The summed E-state index contributed by atoms with van der Waals surface area (Å²) < 4.78 is 0. The quantitative estimate of drug-likeness (QED) is 0.921. The van der Waals surface area contributed by atoms with E-state index in [2.05, 4.69) is 40.1 Å². The second-order valence-electron chi connectivity index (χ2n) is 6.68. The van der Waals surface area contributed by atoms with Gasteiger partial charge in [-0.15, -0.1) is 0 Å². The Hall–Kier alpha value is -0.900. The Bertz CT molecular complexity index is 414. The summed E-state index contributed by atoms with van der Waals surface area (Å²) in [5.41, 5.74) is 1.43. The molecule has 2 fully saturated rings. The lowest BCUT2D eigenvalue weighted by Crippen LogP contribution is -2.48. The first kappa shape index (κ1) is 15.0. The molecule has 0 bridgehead atoms. The summed E-state index contributed by atoms with van der Waals surface area (Å²) >= 11 is 0. The van der Waals surface area contributed by atoms with Crippen LogP contribution in [0.3, 0.4) is 0 Å². The zero-order valence-corrected chi connectivity index (χ0v) is 13.0. The third-order valence-corrected chi connectivity index (χ3v) is 5.13. The summed E-state index contributed by atoms with van der Waals surface area (Å²) in [7, 11) is 0. The molecule has 0 saturated carbocycles. The lowest BCUT2D eigenvalue weighted by molar-refractivity contribution is 0.0526. The van der Waals surface area contributed by atoms with Gasteiger partial charge in [-0.2, -0.15) is 0 Å². The van der Waals surface area contributed by atoms with Gasteiger partial charge in [-0.1, -0.05) is 30.3 Å². The first-order chi connectivity index (χ1) is 10.3. The van der Waals surface area contributed by atoms with E-state index in [1.54, 1.807) is 0 Å². The van der Waals surface area contributed by atoms with Gasteiger partial charge in [-0.05, 0) is 56.8 Å². The molecule has 2 aliphatic heterocycles. The molecule has 3 heteroatoms. The average molecular weight is 288 g/mol. The van der Waals surface area contributed by atoms with E-state index in [-0.39, 0.29) is 0 Å². The Kier molecular flexibility index (Phi) is 5.28. The fourth-order valence-electron chi connectivity index (χ4n) is 3.86. The largest absolute Gasteiger partial charge is 0.396 e. The second-order valence-corrected chi connectivity index (χ2v) is 6.68. The molecule has 1 unspecified atom stereocenters. The van der Waals surface area contributed by atoms with Gasteiger partial charge < -0.3 is 5.11 Å². The first-order valence-corrected chi connectivity index (χ1v) is 8.46. The number of benzene rings is 1. The molecule has 21 heavy (non-hydrogen) atoms. The monoisotopic (exact) mass is 288 g/mol. The van der Waals surface area contributed by atoms with Crippen LogP contribution >= 0.6 is 0 Å². The van der Waals surface area contributed by atoms with Gasteiger partial charge in [0.25, 0.3) is 0 Å². The molecule has 2 heterocycles. The first-order valence-electron chi connectivity index (χ1n) is 8.46. The molecule has 1 aromatic rings. The van der Waals surface area contributed by atoms with E-state index in [1.807, 2.05) is 0 Å². The van der Waals surface area contributed by atoms with E-state index in [4.69, 9.17) is 0 Å². The number of piperidine rings is 2. The predicted octanol–water partition coefficient (Wildman–Crippen LogP) is 2.36. The van der Waals surface area contributed by atoms with E-state index in [1.165, 1.54) is 50.9 Å². The van der Waals surface area contributed by atoms with Crippen molar-refractivity contribution < 1.29 is 5.11 Å². The van der Waals surface area contributed by atoms with Crippen molar-refractivity contribution in [2.45, 2.75) is 38.3 Å². The number of hydrogen-bond donors (Lipinski definition) is 1. The molecule has 1 atom stereocenters. The van der Waals surface area contributed by atoms with Gasteiger partial charge in [0.1, 0.15) is 0 Å². The van der Waals surface area contributed by atoms with Crippen LogP contribution in [0.4, 0.5) is 0 Å². The van der Waals surface area contributed by atoms with Gasteiger partial charge in [-0.25, -0.2) is 0 Å². The molecule has 0 radical (unpaired) electrons. The minimum absolute atomic E-state index is 0.364. The maximum Gasteiger partial charge on any atom is 0.0471 e. The lowest BCUT2D eigenvalue weighted by Gasteiger charge is -2.42. The van der Waals surface area contributed by atoms with Crippen molar-refractivity contribution in [1.82, 2.24) is 9.80 Å². The van der Waals surface area contributed by atoms with Crippen LogP contribution in [0.1, 0.15) is 31.2 Å². The minimum Gasteiger partial charge on any atom is -0.396 e. The fraction of sp³-hybridized carbons (Fsp3) is 0.667. The molecule has 1 N–H and O–H groups in total. The summed E-state index contributed by atoms with van der Waals surface area (Å²) in [6.45, 7) is 6.22. The van der Waals surface area contributed by atoms with Crippen molar-refractivity contribution in [3.63, 3.8) is 0 Å². The van der Waals surface area contributed by atoms with Crippen molar-refractivity contribution >= 4 is 0 Å². The summed E-state index contributed by atoms with van der Waals surface area (Å²) in [5.74, 6) is 0.515. The van der Waals surface area contributed by atoms with E-state index in [0.717, 1.165) is 19.1 Å². The summed E-state index contributed by atoms with van der Waals surface area (Å²) in [5, 5.41) is 9.38. The molecule has 2 aliphatic rings. The van der Waals surface area contributed by atoms with Crippen LogP contribution < -0.4 is 0 Å². The molecule has 0 amide bonds. The third-order valence-electron chi connectivity index (χ3n) is 5.13. The molecule has 3 rings (SSSR count). The van der Waals surface area contributed by atoms with Gasteiger partial charge in [-0.3, -0.25) is 9.80 Å². The highest BCUT2D eigenvalue weighted by Crippen LogP contribution is 2.24. The number of hydrogen-bond acceptors (Lipinski definition) is 3. The Morgan fingerprint density at radius 3 is 2.48 bits per heavy atom. The minimum atomic E-state index is 0.364. The van der Waals surface area contributed by atoms with Crippen molar-refractivity contribution in [3.05, 3.63) is 35.9 Å². The molecular formula is C18H28N2O. The van der Waals surface area contributed by atoms with Gasteiger partial charge in [0, 0.05) is 25.7 Å². The summed E-state index contributed by atoms with van der Waals surface area (Å²) in [4.78, 5) is 5.23. The lowest BCUT2D eigenvalue weighted by atomic mass is 9.94. The van der Waals surface area contributed by atoms with E-state index < -0.39 is 0 Å². The maximum absolute atomic E-state index is 9.38. The van der Waals surface area contributed by atoms with Crippen LogP contribution in [-0.2, 0) is 6.54 Å². The van der Waals surface area contributed by atoms with Crippen LogP contribution in [0.25, 0.3) is 0 Å². The third kappa shape index (κ3) is 4.06. The highest BCUT2D eigenvalue weighted by atomic mass is 16.3. The Labute approximate surface area is 128 Å². The van der Waals surface area contributed by atoms with Crippen molar-refractivity contribution in [2.75, 3.05) is 32.8 Å². The van der Waals surface area contributed by atoms with Crippen molar-refractivity contribution in [1.29, 1.82) is 0 Å². The van der Waals surface area contributed by atoms with Crippen molar-refractivity contribution in [2.24, 2.45) is 5.92 Å². The zero-order chi connectivity index (χ0) is 14.5. The molecule has 0 aromatic heterocycles. The normalized spacial score (nSPS) is 26.0. The molecule has 3 nitrogen and oxygen atoms in total. The van der Waals surface area contributed by atoms with E-state index in [9.17, 15) is 5.11 Å². The van der Waals surface area contributed by atoms with E-state index in [0.29, 0.717) is 12.5 Å².